The summed E-state index contributed by atoms with van der Waals surface area (Å²) in [6.45, 7) is 6.91. The van der Waals surface area contributed by atoms with Crippen molar-refractivity contribution in [1.29, 1.82) is 0 Å². The van der Waals surface area contributed by atoms with E-state index in [0.717, 1.165) is 34.8 Å². The van der Waals surface area contributed by atoms with E-state index in [0.29, 0.717) is 0 Å². The summed E-state index contributed by atoms with van der Waals surface area (Å²) < 4.78 is 5.49. The second-order valence-electron chi connectivity index (χ2n) is 4.76. The number of nitrogens with zero attached hydrogens (tertiary/aromatic N) is 2. The molecule has 0 amide bonds. The number of para-hydroxylation sites is 1. The van der Waals surface area contributed by atoms with Gasteiger partial charge in [-0.05, 0) is 38.1 Å². The van der Waals surface area contributed by atoms with Gasteiger partial charge in [0.1, 0.15) is 5.75 Å². The first kappa shape index (κ1) is 14.5. The van der Waals surface area contributed by atoms with Crippen LogP contribution in [0.5, 0.6) is 5.75 Å². The predicted octanol–water partition coefficient (Wildman–Crippen LogP) is 2.80. The molecule has 0 fully saturated rings. The van der Waals surface area contributed by atoms with Crippen LogP contribution in [0.2, 0.25) is 0 Å². The number of hydrogen-bond donors (Lipinski definition) is 1. The SMILES string of the molecule is CCNC(c1ccccc1OC)c1cc(C)nnc1C. The van der Waals surface area contributed by atoms with Gasteiger partial charge in [0.15, 0.2) is 0 Å². The van der Waals surface area contributed by atoms with Crippen molar-refractivity contribution in [3.8, 4) is 5.75 Å². The number of rotatable bonds is 5. The maximum atomic E-state index is 5.49. The summed E-state index contributed by atoms with van der Waals surface area (Å²) in [7, 11) is 1.70. The molecule has 0 saturated heterocycles. The number of ether oxygens (including phenoxy) is 1. The first-order valence-corrected chi connectivity index (χ1v) is 6.84. The summed E-state index contributed by atoms with van der Waals surface area (Å²) in [5.74, 6) is 0.882. The van der Waals surface area contributed by atoms with Gasteiger partial charge in [-0.2, -0.15) is 10.2 Å². The highest BCUT2D eigenvalue weighted by Gasteiger charge is 2.19. The van der Waals surface area contributed by atoms with Crippen molar-refractivity contribution in [2.45, 2.75) is 26.8 Å². The van der Waals surface area contributed by atoms with Crippen LogP contribution in [-0.2, 0) is 0 Å². The monoisotopic (exact) mass is 271 g/mol. The number of aromatic nitrogens is 2. The van der Waals surface area contributed by atoms with E-state index in [1.165, 1.54) is 0 Å². The normalized spacial score (nSPS) is 12.2. The summed E-state index contributed by atoms with van der Waals surface area (Å²) in [5.41, 5.74) is 4.12. The summed E-state index contributed by atoms with van der Waals surface area (Å²) in [6.07, 6.45) is 0. The smallest absolute Gasteiger partial charge is 0.123 e. The summed E-state index contributed by atoms with van der Waals surface area (Å²) >= 11 is 0. The Balaban J connectivity index is 2.53. The summed E-state index contributed by atoms with van der Waals surface area (Å²) in [5, 5.41) is 11.9. The van der Waals surface area contributed by atoms with E-state index in [-0.39, 0.29) is 6.04 Å². The topological polar surface area (TPSA) is 47.0 Å². The van der Waals surface area contributed by atoms with Gasteiger partial charge in [0.2, 0.25) is 0 Å². The van der Waals surface area contributed by atoms with Crippen molar-refractivity contribution in [3.63, 3.8) is 0 Å². The van der Waals surface area contributed by atoms with Crippen molar-refractivity contribution >= 4 is 0 Å². The third kappa shape index (κ3) is 2.96. The Kier molecular flexibility index (Phi) is 4.69. The van der Waals surface area contributed by atoms with E-state index in [2.05, 4.69) is 34.6 Å². The Morgan fingerprint density at radius 2 is 1.90 bits per heavy atom. The summed E-state index contributed by atoms with van der Waals surface area (Å²) in [4.78, 5) is 0. The van der Waals surface area contributed by atoms with Crippen LogP contribution in [0.1, 0.15) is 35.5 Å². The van der Waals surface area contributed by atoms with Crippen molar-refractivity contribution < 1.29 is 4.74 Å². The zero-order valence-corrected chi connectivity index (χ0v) is 12.5. The lowest BCUT2D eigenvalue weighted by Crippen LogP contribution is -2.24. The van der Waals surface area contributed by atoms with Crippen LogP contribution in [0.3, 0.4) is 0 Å². The number of methoxy groups -OCH3 is 1. The summed E-state index contributed by atoms with van der Waals surface area (Å²) in [6, 6.07) is 10.2. The molecule has 106 valence electrons. The first-order chi connectivity index (χ1) is 9.67. The van der Waals surface area contributed by atoms with Crippen molar-refractivity contribution in [2.75, 3.05) is 13.7 Å². The Morgan fingerprint density at radius 1 is 1.15 bits per heavy atom. The van der Waals surface area contributed by atoms with Crippen molar-refractivity contribution in [1.82, 2.24) is 15.5 Å². The maximum Gasteiger partial charge on any atom is 0.123 e. The molecule has 0 aliphatic carbocycles. The number of aryl methyl sites for hydroxylation is 2. The van der Waals surface area contributed by atoms with Gasteiger partial charge >= 0.3 is 0 Å². The molecule has 1 aromatic carbocycles. The molecular formula is C16H21N3O. The van der Waals surface area contributed by atoms with Crippen LogP contribution in [-0.4, -0.2) is 23.9 Å². The third-order valence-corrected chi connectivity index (χ3v) is 3.31. The average Bonchev–Trinajstić information content (AvgIpc) is 2.47. The molecule has 1 N–H and O–H groups in total. The molecule has 0 aliphatic heterocycles. The highest BCUT2D eigenvalue weighted by molar-refractivity contribution is 5.42. The standard InChI is InChI=1S/C16H21N3O/c1-5-17-16(13-8-6-7-9-15(13)20-4)14-10-11(2)18-19-12(14)3/h6-10,16-17H,5H2,1-4H3. The quantitative estimate of drug-likeness (QED) is 0.908. The minimum Gasteiger partial charge on any atom is -0.496 e. The second kappa shape index (κ2) is 6.48. The van der Waals surface area contributed by atoms with E-state index in [4.69, 9.17) is 4.74 Å². The molecule has 0 radical (unpaired) electrons. The Labute approximate surface area is 120 Å². The van der Waals surface area contributed by atoms with Crippen LogP contribution in [0, 0.1) is 13.8 Å². The molecule has 1 unspecified atom stereocenters. The molecule has 2 rings (SSSR count). The van der Waals surface area contributed by atoms with Gasteiger partial charge in [0, 0.05) is 5.56 Å². The van der Waals surface area contributed by atoms with Crippen LogP contribution < -0.4 is 10.1 Å². The average molecular weight is 271 g/mol. The van der Waals surface area contributed by atoms with Crippen LogP contribution in [0.25, 0.3) is 0 Å². The number of benzene rings is 1. The van der Waals surface area contributed by atoms with Gasteiger partial charge in [0.25, 0.3) is 0 Å². The third-order valence-electron chi connectivity index (χ3n) is 3.31. The van der Waals surface area contributed by atoms with Crippen molar-refractivity contribution in [3.05, 3.63) is 52.8 Å². The molecule has 1 atom stereocenters. The number of hydrogen-bond acceptors (Lipinski definition) is 4. The fourth-order valence-electron chi connectivity index (χ4n) is 2.36. The highest BCUT2D eigenvalue weighted by atomic mass is 16.5. The highest BCUT2D eigenvalue weighted by Crippen LogP contribution is 2.30. The van der Waals surface area contributed by atoms with E-state index < -0.39 is 0 Å². The fraction of sp³-hybridized carbons (Fsp3) is 0.375. The lowest BCUT2D eigenvalue weighted by atomic mass is 9.96. The van der Waals surface area contributed by atoms with E-state index in [1.807, 2.05) is 32.0 Å². The lowest BCUT2D eigenvalue weighted by Gasteiger charge is -2.22. The van der Waals surface area contributed by atoms with Gasteiger partial charge in [-0.1, -0.05) is 25.1 Å². The fourth-order valence-corrected chi connectivity index (χ4v) is 2.36. The van der Waals surface area contributed by atoms with Gasteiger partial charge in [0.05, 0.1) is 24.5 Å². The maximum absolute atomic E-state index is 5.49. The molecule has 0 spiro atoms. The zero-order valence-electron chi connectivity index (χ0n) is 12.5. The second-order valence-corrected chi connectivity index (χ2v) is 4.76. The molecule has 2 aromatic rings. The van der Waals surface area contributed by atoms with Crippen molar-refractivity contribution in [2.24, 2.45) is 0 Å². The van der Waals surface area contributed by atoms with E-state index in [9.17, 15) is 0 Å². The minimum absolute atomic E-state index is 0.0605. The van der Waals surface area contributed by atoms with Gasteiger partial charge in [-0.15, -0.1) is 0 Å². The molecule has 4 heteroatoms. The minimum atomic E-state index is 0.0605. The van der Waals surface area contributed by atoms with Gasteiger partial charge < -0.3 is 10.1 Å². The van der Waals surface area contributed by atoms with Gasteiger partial charge in [-0.25, -0.2) is 0 Å². The van der Waals surface area contributed by atoms with Gasteiger partial charge in [-0.3, -0.25) is 0 Å². The molecule has 0 bridgehead atoms. The largest absolute Gasteiger partial charge is 0.496 e. The molecule has 0 saturated carbocycles. The van der Waals surface area contributed by atoms with E-state index in [1.54, 1.807) is 7.11 Å². The van der Waals surface area contributed by atoms with E-state index >= 15 is 0 Å². The molecule has 0 aliphatic rings. The Bertz CT molecular complexity index is 584. The number of nitrogens with one attached hydrogen (secondary N) is 1. The Morgan fingerprint density at radius 3 is 2.60 bits per heavy atom. The molecule has 1 aromatic heterocycles. The first-order valence-electron chi connectivity index (χ1n) is 6.84. The van der Waals surface area contributed by atoms with Crippen LogP contribution in [0.4, 0.5) is 0 Å². The molecular weight excluding hydrogens is 250 g/mol. The molecule has 20 heavy (non-hydrogen) atoms. The van der Waals surface area contributed by atoms with Crippen LogP contribution in [0.15, 0.2) is 30.3 Å². The lowest BCUT2D eigenvalue weighted by molar-refractivity contribution is 0.404. The molecule has 4 nitrogen and oxygen atoms in total. The zero-order chi connectivity index (χ0) is 14.5. The predicted molar refractivity (Wildman–Crippen MR) is 80.0 cm³/mol. The molecule has 1 heterocycles. The van der Waals surface area contributed by atoms with Crippen LogP contribution >= 0.6 is 0 Å². The Hall–Kier alpha value is -1.94.